The van der Waals surface area contributed by atoms with Gasteiger partial charge in [0.15, 0.2) is 5.69 Å². The maximum atomic E-state index is 12.9. The fourth-order valence-corrected chi connectivity index (χ4v) is 2.82. The van der Waals surface area contributed by atoms with E-state index < -0.39 is 11.9 Å². The number of hydrogen-bond donors (Lipinski definition) is 0. The lowest BCUT2D eigenvalue weighted by Crippen LogP contribution is -2.06. The second kappa shape index (κ2) is 5.66. The van der Waals surface area contributed by atoms with Crippen LogP contribution in [0.25, 0.3) is 22.3 Å². The predicted octanol–water partition coefficient (Wildman–Crippen LogP) is 4.62. The van der Waals surface area contributed by atoms with Crippen LogP contribution in [0.4, 0.5) is 13.2 Å². The Labute approximate surface area is 140 Å². The number of aryl methyl sites for hydroxylation is 2. The first-order valence-corrected chi connectivity index (χ1v) is 7.35. The van der Waals surface area contributed by atoms with E-state index in [1.165, 1.54) is 20.2 Å². The molecule has 0 fully saturated rings. The second-order valence-corrected chi connectivity index (χ2v) is 5.72. The van der Waals surface area contributed by atoms with Crippen molar-refractivity contribution in [2.45, 2.75) is 13.1 Å². The van der Waals surface area contributed by atoms with Crippen LogP contribution >= 0.6 is 11.6 Å². The zero-order valence-corrected chi connectivity index (χ0v) is 13.8. The highest BCUT2D eigenvalue weighted by molar-refractivity contribution is 6.35. The molecule has 3 aromatic rings. The second-order valence-electron chi connectivity index (χ2n) is 5.31. The Balaban J connectivity index is 2.24. The third kappa shape index (κ3) is 2.69. The first-order chi connectivity index (χ1) is 11.2. The monoisotopic (exact) mass is 355 g/mol. The Bertz CT molecular complexity index is 934. The van der Waals surface area contributed by atoms with Crippen molar-refractivity contribution in [3.05, 3.63) is 40.5 Å². The number of ether oxygens (including phenoxy) is 1. The number of methoxy groups -OCH3 is 1. The number of aromatic nitrogens is 3. The van der Waals surface area contributed by atoms with Crippen LogP contribution in [0.1, 0.15) is 11.3 Å². The summed E-state index contributed by atoms with van der Waals surface area (Å²) in [6.45, 7) is 1.82. The standard InChI is InChI=1S/C16H13ClF3N3O/c1-8-13(24-3)5-4-9-10(17)6-11(21-15(8)9)12-7-14(16(18,19)20)22-23(12)2/h4-7H,1-3H3. The van der Waals surface area contributed by atoms with Crippen LogP contribution in [0.2, 0.25) is 5.02 Å². The Morgan fingerprint density at radius 2 is 1.92 bits per heavy atom. The van der Waals surface area contributed by atoms with Crippen LogP contribution < -0.4 is 4.74 Å². The number of benzene rings is 1. The molecule has 4 nitrogen and oxygen atoms in total. The molecule has 0 aliphatic heterocycles. The van der Waals surface area contributed by atoms with Crippen LogP contribution in [0.15, 0.2) is 24.3 Å². The molecule has 2 aromatic heterocycles. The number of hydrogen-bond acceptors (Lipinski definition) is 3. The summed E-state index contributed by atoms with van der Waals surface area (Å²) in [5, 5.41) is 4.61. The molecular weight excluding hydrogens is 343 g/mol. The molecule has 1 aromatic carbocycles. The molecule has 0 spiro atoms. The van der Waals surface area contributed by atoms with Gasteiger partial charge in [-0.05, 0) is 31.2 Å². The topological polar surface area (TPSA) is 39.9 Å². The van der Waals surface area contributed by atoms with Gasteiger partial charge in [0, 0.05) is 18.0 Å². The quantitative estimate of drug-likeness (QED) is 0.673. The molecule has 0 unspecified atom stereocenters. The minimum Gasteiger partial charge on any atom is -0.496 e. The van der Waals surface area contributed by atoms with Gasteiger partial charge in [0.2, 0.25) is 0 Å². The third-order valence-electron chi connectivity index (χ3n) is 3.79. The van der Waals surface area contributed by atoms with Gasteiger partial charge in [-0.3, -0.25) is 4.68 Å². The van der Waals surface area contributed by atoms with Crippen molar-refractivity contribution in [1.82, 2.24) is 14.8 Å². The van der Waals surface area contributed by atoms with Crippen molar-refractivity contribution in [2.24, 2.45) is 7.05 Å². The van der Waals surface area contributed by atoms with Crippen molar-refractivity contribution >= 4 is 22.5 Å². The first-order valence-electron chi connectivity index (χ1n) is 6.98. The molecule has 0 aliphatic carbocycles. The van der Waals surface area contributed by atoms with Crippen molar-refractivity contribution in [3.63, 3.8) is 0 Å². The zero-order valence-electron chi connectivity index (χ0n) is 13.1. The summed E-state index contributed by atoms with van der Waals surface area (Å²) >= 11 is 6.30. The van der Waals surface area contributed by atoms with Gasteiger partial charge in [-0.2, -0.15) is 18.3 Å². The molecule has 8 heteroatoms. The summed E-state index contributed by atoms with van der Waals surface area (Å²) in [6, 6.07) is 6.04. The predicted molar refractivity (Wildman–Crippen MR) is 85.2 cm³/mol. The Morgan fingerprint density at radius 3 is 2.50 bits per heavy atom. The smallest absolute Gasteiger partial charge is 0.435 e. The molecule has 0 radical (unpaired) electrons. The zero-order chi connectivity index (χ0) is 17.6. The highest BCUT2D eigenvalue weighted by Crippen LogP contribution is 2.35. The van der Waals surface area contributed by atoms with Gasteiger partial charge in [-0.15, -0.1) is 0 Å². The van der Waals surface area contributed by atoms with E-state index >= 15 is 0 Å². The third-order valence-corrected chi connectivity index (χ3v) is 4.10. The fourth-order valence-electron chi connectivity index (χ4n) is 2.57. The maximum absolute atomic E-state index is 12.9. The molecule has 0 aliphatic rings. The van der Waals surface area contributed by atoms with E-state index in [0.29, 0.717) is 27.4 Å². The van der Waals surface area contributed by atoms with Gasteiger partial charge < -0.3 is 4.74 Å². The highest BCUT2D eigenvalue weighted by atomic mass is 35.5. The molecule has 0 saturated carbocycles. The summed E-state index contributed by atoms with van der Waals surface area (Å²) in [7, 11) is 2.97. The molecule has 24 heavy (non-hydrogen) atoms. The van der Waals surface area contributed by atoms with Gasteiger partial charge in [0.1, 0.15) is 5.75 Å². The molecular formula is C16H13ClF3N3O. The number of rotatable bonds is 2. The van der Waals surface area contributed by atoms with Gasteiger partial charge >= 0.3 is 6.18 Å². The van der Waals surface area contributed by atoms with Crippen molar-refractivity contribution in [3.8, 4) is 17.1 Å². The lowest BCUT2D eigenvalue weighted by Gasteiger charge is -2.10. The van der Waals surface area contributed by atoms with E-state index in [-0.39, 0.29) is 5.69 Å². The van der Waals surface area contributed by atoms with Gasteiger partial charge in [-0.25, -0.2) is 4.98 Å². The first kappa shape index (κ1) is 16.6. The van der Waals surface area contributed by atoms with Crippen LogP contribution in [-0.4, -0.2) is 21.9 Å². The Hall–Kier alpha value is -2.28. The van der Waals surface area contributed by atoms with E-state index in [4.69, 9.17) is 16.3 Å². The molecule has 0 saturated heterocycles. The molecule has 0 N–H and O–H groups in total. The Morgan fingerprint density at radius 1 is 1.21 bits per heavy atom. The van der Waals surface area contributed by atoms with E-state index in [9.17, 15) is 13.2 Å². The van der Waals surface area contributed by atoms with E-state index in [0.717, 1.165) is 16.3 Å². The molecule has 0 atom stereocenters. The SMILES string of the molecule is COc1ccc2c(Cl)cc(-c3cc(C(F)(F)F)nn3C)nc2c1C. The lowest BCUT2D eigenvalue weighted by molar-refractivity contribution is -0.141. The summed E-state index contributed by atoms with van der Waals surface area (Å²) in [6.07, 6.45) is -4.52. The van der Waals surface area contributed by atoms with E-state index in [1.54, 1.807) is 12.1 Å². The summed E-state index contributed by atoms with van der Waals surface area (Å²) in [5.74, 6) is 0.629. The normalized spacial score (nSPS) is 12.0. The molecule has 0 bridgehead atoms. The number of nitrogens with zero attached hydrogens (tertiary/aromatic N) is 3. The van der Waals surface area contributed by atoms with E-state index in [1.807, 2.05) is 6.92 Å². The van der Waals surface area contributed by atoms with E-state index in [2.05, 4.69) is 10.1 Å². The van der Waals surface area contributed by atoms with Crippen LogP contribution in [0.3, 0.4) is 0 Å². The number of fused-ring (bicyclic) bond motifs is 1. The Kier molecular flexibility index (Phi) is 3.91. The van der Waals surface area contributed by atoms with Crippen molar-refractivity contribution < 1.29 is 17.9 Å². The average molecular weight is 356 g/mol. The number of halogens is 4. The molecule has 0 amide bonds. The number of alkyl halides is 3. The van der Waals surface area contributed by atoms with Crippen molar-refractivity contribution in [2.75, 3.05) is 7.11 Å². The summed E-state index contributed by atoms with van der Waals surface area (Å²) in [5.41, 5.74) is 0.909. The fraction of sp³-hybridized carbons (Fsp3) is 0.250. The van der Waals surface area contributed by atoms with Crippen LogP contribution in [0.5, 0.6) is 5.75 Å². The molecule has 2 heterocycles. The summed E-state index contributed by atoms with van der Waals surface area (Å²) in [4.78, 5) is 4.48. The summed E-state index contributed by atoms with van der Waals surface area (Å²) < 4.78 is 45.0. The number of pyridine rings is 1. The van der Waals surface area contributed by atoms with Gasteiger partial charge in [0.05, 0.1) is 29.0 Å². The minimum atomic E-state index is -4.52. The maximum Gasteiger partial charge on any atom is 0.435 e. The van der Waals surface area contributed by atoms with Gasteiger partial charge in [-0.1, -0.05) is 11.6 Å². The van der Waals surface area contributed by atoms with Crippen molar-refractivity contribution in [1.29, 1.82) is 0 Å². The lowest BCUT2D eigenvalue weighted by atomic mass is 10.1. The van der Waals surface area contributed by atoms with Gasteiger partial charge in [0.25, 0.3) is 0 Å². The largest absolute Gasteiger partial charge is 0.496 e. The van der Waals surface area contributed by atoms with Crippen LogP contribution in [-0.2, 0) is 13.2 Å². The minimum absolute atomic E-state index is 0.230. The highest BCUT2D eigenvalue weighted by Gasteiger charge is 2.35. The average Bonchev–Trinajstić information content (AvgIpc) is 2.90. The van der Waals surface area contributed by atoms with Crippen LogP contribution in [0, 0.1) is 6.92 Å². The molecule has 3 rings (SSSR count). The molecule has 126 valence electrons.